The zero-order valence-corrected chi connectivity index (χ0v) is 11.4. The van der Waals surface area contributed by atoms with Gasteiger partial charge in [-0.3, -0.25) is 4.90 Å². The SMILES string of the molecule is CC(CNC(C)(C)C)N1CC2CCCC2C1. The summed E-state index contributed by atoms with van der Waals surface area (Å²) in [4.78, 5) is 2.70. The first-order valence-electron chi connectivity index (χ1n) is 6.95. The summed E-state index contributed by atoms with van der Waals surface area (Å²) < 4.78 is 0. The maximum Gasteiger partial charge on any atom is 0.0192 e. The lowest BCUT2D eigenvalue weighted by Gasteiger charge is -2.29. The van der Waals surface area contributed by atoms with Crippen LogP contribution in [0.4, 0.5) is 0 Å². The zero-order chi connectivity index (χ0) is 11.8. The lowest BCUT2D eigenvalue weighted by atomic mass is 10.0. The molecule has 1 heterocycles. The number of fused-ring (bicyclic) bond motifs is 1. The maximum atomic E-state index is 3.62. The topological polar surface area (TPSA) is 15.3 Å². The van der Waals surface area contributed by atoms with Gasteiger partial charge in [-0.25, -0.2) is 0 Å². The Hall–Kier alpha value is -0.0800. The van der Waals surface area contributed by atoms with Crippen LogP contribution in [0.2, 0.25) is 0 Å². The molecular formula is C14H28N2. The van der Waals surface area contributed by atoms with Crippen LogP contribution in [0, 0.1) is 11.8 Å². The lowest BCUT2D eigenvalue weighted by molar-refractivity contribution is 0.220. The second kappa shape index (κ2) is 4.66. The van der Waals surface area contributed by atoms with Crippen LogP contribution in [-0.2, 0) is 0 Å². The molecule has 3 atom stereocenters. The Labute approximate surface area is 101 Å². The molecule has 2 rings (SSSR count). The predicted molar refractivity (Wildman–Crippen MR) is 69.6 cm³/mol. The van der Waals surface area contributed by atoms with Crippen LogP contribution in [-0.4, -0.2) is 36.1 Å². The molecule has 0 spiro atoms. The molecule has 0 radical (unpaired) electrons. The Kier molecular flexibility index (Phi) is 3.60. The largest absolute Gasteiger partial charge is 0.311 e. The molecule has 0 aromatic carbocycles. The molecule has 94 valence electrons. The van der Waals surface area contributed by atoms with Crippen molar-refractivity contribution >= 4 is 0 Å². The number of hydrogen-bond acceptors (Lipinski definition) is 2. The smallest absolute Gasteiger partial charge is 0.0192 e. The highest BCUT2D eigenvalue weighted by atomic mass is 15.2. The van der Waals surface area contributed by atoms with Crippen molar-refractivity contribution < 1.29 is 0 Å². The third kappa shape index (κ3) is 2.98. The van der Waals surface area contributed by atoms with Crippen molar-refractivity contribution in [3.8, 4) is 0 Å². The van der Waals surface area contributed by atoms with E-state index in [9.17, 15) is 0 Å². The molecule has 1 saturated carbocycles. The summed E-state index contributed by atoms with van der Waals surface area (Å²) in [5, 5.41) is 3.62. The molecular weight excluding hydrogens is 196 g/mol. The van der Waals surface area contributed by atoms with Crippen LogP contribution in [0.3, 0.4) is 0 Å². The van der Waals surface area contributed by atoms with Crippen molar-refractivity contribution in [3.05, 3.63) is 0 Å². The van der Waals surface area contributed by atoms with Gasteiger partial charge in [-0.1, -0.05) is 6.42 Å². The van der Waals surface area contributed by atoms with E-state index in [1.165, 1.54) is 32.4 Å². The molecule has 0 bridgehead atoms. The van der Waals surface area contributed by atoms with Crippen LogP contribution in [0.25, 0.3) is 0 Å². The van der Waals surface area contributed by atoms with Crippen LogP contribution in [0.15, 0.2) is 0 Å². The van der Waals surface area contributed by atoms with Gasteiger partial charge in [0.05, 0.1) is 0 Å². The van der Waals surface area contributed by atoms with Gasteiger partial charge in [0.2, 0.25) is 0 Å². The van der Waals surface area contributed by atoms with Crippen molar-refractivity contribution in [2.45, 2.75) is 58.5 Å². The monoisotopic (exact) mass is 224 g/mol. The Bertz CT molecular complexity index is 219. The Morgan fingerprint density at radius 3 is 2.25 bits per heavy atom. The summed E-state index contributed by atoms with van der Waals surface area (Å²) in [5.74, 6) is 2.05. The third-order valence-electron chi connectivity index (χ3n) is 4.31. The van der Waals surface area contributed by atoms with E-state index in [4.69, 9.17) is 0 Å². The van der Waals surface area contributed by atoms with Crippen LogP contribution in [0.1, 0.15) is 47.0 Å². The molecule has 1 aliphatic carbocycles. The molecule has 2 heteroatoms. The summed E-state index contributed by atoms with van der Waals surface area (Å²) in [7, 11) is 0. The Morgan fingerprint density at radius 1 is 1.19 bits per heavy atom. The molecule has 16 heavy (non-hydrogen) atoms. The normalized spacial score (nSPS) is 33.0. The first kappa shape index (κ1) is 12.4. The molecule has 0 aromatic heterocycles. The fourth-order valence-electron chi connectivity index (χ4n) is 3.21. The molecule has 1 saturated heterocycles. The molecule has 0 aromatic rings. The number of hydrogen-bond donors (Lipinski definition) is 1. The van der Waals surface area contributed by atoms with E-state index in [0.717, 1.165) is 18.4 Å². The Balaban J connectivity index is 1.76. The minimum Gasteiger partial charge on any atom is -0.311 e. The first-order chi connectivity index (χ1) is 7.46. The fraction of sp³-hybridized carbons (Fsp3) is 1.00. The van der Waals surface area contributed by atoms with Gasteiger partial charge in [-0.2, -0.15) is 0 Å². The molecule has 0 amide bonds. The van der Waals surface area contributed by atoms with Gasteiger partial charge in [0.15, 0.2) is 0 Å². The minimum absolute atomic E-state index is 0.254. The first-order valence-corrected chi connectivity index (χ1v) is 6.95. The van der Waals surface area contributed by atoms with Crippen LogP contribution in [0.5, 0.6) is 0 Å². The number of rotatable bonds is 3. The molecule has 1 N–H and O–H groups in total. The van der Waals surface area contributed by atoms with E-state index in [1.54, 1.807) is 0 Å². The van der Waals surface area contributed by atoms with Gasteiger partial charge in [0.25, 0.3) is 0 Å². The summed E-state index contributed by atoms with van der Waals surface area (Å²) in [6, 6.07) is 0.699. The number of nitrogens with one attached hydrogen (secondary N) is 1. The average Bonchev–Trinajstić information content (AvgIpc) is 2.71. The fourth-order valence-corrected chi connectivity index (χ4v) is 3.21. The van der Waals surface area contributed by atoms with Crippen molar-refractivity contribution in [2.24, 2.45) is 11.8 Å². The van der Waals surface area contributed by atoms with Crippen molar-refractivity contribution in [1.29, 1.82) is 0 Å². The molecule has 3 unspecified atom stereocenters. The minimum atomic E-state index is 0.254. The van der Waals surface area contributed by atoms with Crippen molar-refractivity contribution in [1.82, 2.24) is 10.2 Å². The predicted octanol–water partition coefficient (Wildman–Crippen LogP) is 2.49. The maximum absolute atomic E-state index is 3.62. The molecule has 2 nitrogen and oxygen atoms in total. The van der Waals surface area contributed by atoms with E-state index >= 15 is 0 Å². The zero-order valence-electron chi connectivity index (χ0n) is 11.4. The highest BCUT2D eigenvalue weighted by Crippen LogP contribution is 2.38. The van der Waals surface area contributed by atoms with E-state index < -0.39 is 0 Å². The van der Waals surface area contributed by atoms with Crippen molar-refractivity contribution in [2.75, 3.05) is 19.6 Å². The second-order valence-corrected chi connectivity index (χ2v) is 6.88. The van der Waals surface area contributed by atoms with Crippen LogP contribution < -0.4 is 5.32 Å². The second-order valence-electron chi connectivity index (χ2n) is 6.88. The molecule has 2 aliphatic rings. The highest BCUT2D eigenvalue weighted by Gasteiger charge is 2.37. The van der Waals surface area contributed by atoms with E-state index in [2.05, 4.69) is 37.9 Å². The van der Waals surface area contributed by atoms with Crippen molar-refractivity contribution in [3.63, 3.8) is 0 Å². The Morgan fingerprint density at radius 2 is 1.75 bits per heavy atom. The van der Waals surface area contributed by atoms with Gasteiger partial charge in [-0.15, -0.1) is 0 Å². The van der Waals surface area contributed by atoms with E-state index in [0.29, 0.717) is 6.04 Å². The van der Waals surface area contributed by atoms with Crippen LogP contribution >= 0.6 is 0 Å². The van der Waals surface area contributed by atoms with Gasteiger partial charge in [-0.05, 0) is 52.4 Å². The highest BCUT2D eigenvalue weighted by molar-refractivity contribution is 4.91. The molecule has 1 aliphatic heterocycles. The summed E-state index contributed by atoms with van der Waals surface area (Å²) in [6.45, 7) is 13.0. The average molecular weight is 224 g/mol. The third-order valence-corrected chi connectivity index (χ3v) is 4.31. The van der Waals surface area contributed by atoms with Gasteiger partial charge in [0.1, 0.15) is 0 Å². The lowest BCUT2D eigenvalue weighted by Crippen LogP contribution is -2.45. The van der Waals surface area contributed by atoms with Gasteiger partial charge in [0, 0.05) is 31.2 Å². The molecule has 2 fully saturated rings. The summed E-state index contributed by atoms with van der Waals surface area (Å²) in [6.07, 6.45) is 4.46. The van der Waals surface area contributed by atoms with Gasteiger partial charge < -0.3 is 5.32 Å². The summed E-state index contributed by atoms with van der Waals surface area (Å²) in [5.41, 5.74) is 0.254. The van der Waals surface area contributed by atoms with E-state index in [-0.39, 0.29) is 5.54 Å². The number of likely N-dealkylation sites (tertiary alicyclic amines) is 1. The standard InChI is InChI=1S/C14H28N2/c1-11(8-15-14(2,3)4)16-9-12-6-5-7-13(12)10-16/h11-13,15H,5-10H2,1-4H3. The van der Waals surface area contributed by atoms with E-state index in [1.807, 2.05) is 0 Å². The van der Waals surface area contributed by atoms with Gasteiger partial charge >= 0.3 is 0 Å². The quantitative estimate of drug-likeness (QED) is 0.792. The summed E-state index contributed by atoms with van der Waals surface area (Å²) >= 11 is 0. The number of nitrogens with zero attached hydrogens (tertiary/aromatic N) is 1.